The highest BCUT2D eigenvalue weighted by Crippen LogP contribution is 2.32. The molecule has 0 bridgehead atoms. The SMILES string of the molecule is COc1cc(C(=O)NC2(C(=O)O)CCCC2)ccc1OCCC(C)C. The van der Waals surface area contributed by atoms with Crippen LogP contribution in [0.25, 0.3) is 0 Å². The Hall–Kier alpha value is -2.24. The lowest BCUT2D eigenvalue weighted by Gasteiger charge is -2.25. The van der Waals surface area contributed by atoms with Gasteiger partial charge in [0.15, 0.2) is 11.5 Å². The Balaban J connectivity index is 2.11. The monoisotopic (exact) mass is 349 g/mol. The fourth-order valence-corrected chi connectivity index (χ4v) is 2.99. The number of benzene rings is 1. The van der Waals surface area contributed by atoms with Crippen LogP contribution >= 0.6 is 0 Å². The average molecular weight is 349 g/mol. The largest absolute Gasteiger partial charge is 0.493 e. The lowest BCUT2D eigenvalue weighted by atomic mass is 9.97. The van der Waals surface area contributed by atoms with E-state index in [1.165, 1.54) is 7.11 Å². The molecular weight excluding hydrogens is 322 g/mol. The van der Waals surface area contributed by atoms with Crippen LogP contribution in [0.15, 0.2) is 18.2 Å². The van der Waals surface area contributed by atoms with Crippen molar-refractivity contribution in [2.45, 2.75) is 51.5 Å². The van der Waals surface area contributed by atoms with Crippen LogP contribution in [0.3, 0.4) is 0 Å². The van der Waals surface area contributed by atoms with Crippen LogP contribution in [0.1, 0.15) is 56.3 Å². The van der Waals surface area contributed by atoms with Crippen molar-refractivity contribution in [3.8, 4) is 11.5 Å². The first-order chi connectivity index (χ1) is 11.9. The number of carbonyl (C=O) groups is 2. The average Bonchev–Trinajstić information content (AvgIpc) is 3.04. The summed E-state index contributed by atoms with van der Waals surface area (Å²) in [6, 6.07) is 4.91. The zero-order chi connectivity index (χ0) is 18.4. The van der Waals surface area contributed by atoms with Crippen LogP contribution in [0, 0.1) is 5.92 Å². The molecule has 6 heteroatoms. The molecular formula is C19H27NO5. The van der Waals surface area contributed by atoms with E-state index < -0.39 is 17.4 Å². The van der Waals surface area contributed by atoms with Crippen LogP contribution < -0.4 is 14.8 Å². The maximum absolute atomic E-state index is 12.5. The number of nitrogens with one attached hydrogen (secondary N) is 1. The fourth-order valence-electron chi connectivity index (χ4n) is 2.99. The highest BCUT2D eigenvalue weighted by molar-refractivity contribution is 5.98. The van der Waals surface area contributed by atoms with E-state index in [9.17, 15) is 14.7 Å². The van der Waals surface area contributed by atoms with Crippen LogP contribution in [0.4, 0.5) is 0 Å². The number of ether oxygens (including phenoxy) is 2. The summed E-state index contributed by atoms with van der Waals surface area (Å²) < 4.78 is 11.0. The van der Waals surface area contributed by atoms with Gasteiger partial charge in [-0.2, -0.15) is 0 Å². The predicted molar refractivity (Wildman–Crippen MR) is 94.2 cm³/mol. The summed E-state index contributed by atoms with van der Waals surface area (Å²) in [6.45, 7) is 4.81. The molecule has 1 amide bonds. The summed E-state index contributed by atoms with van der Waals surface area (Å²) in [5, 5.41) is 12.2. The number of carboxylic acid groups (broad SMARTS) is 1. The van der Waals surface area contributed by atoms with Crippen molar-refractivity contribution < 1.29 is 24.2 Å². The first-order valence-electron chi connectivity index (χ1n) is 8.75. The van der Waals surface area contributed by atoms with Gasteiger partial charge in [-0.05, 0) is 43.4 Å². The van der Waals surface area contributed by atoms with E-state index in [4.69, 9.17) is 9.47 Å². The van der Waals surface area contributed by atoms with Gasteiger partial charge in [-0.25, -0.2) is 4.79 Å². The van der Waals surface area contributed by atoms with Crippen molar-refractivity contribution in [2.75, 3.05) is 13.7 Å². The smallest absolute Gasteiger partial charge is 0.329 e. The standard InChI is InChI=1S/C19H27NO5/c1-13(2)8-11-25-15-7-6-14(12-16(15)24-3)17(21)20-19(18(22)23)9-4-5-10-19/h6-7,12-13H,4-5,8-11H2,1-3H3,(H,20,21)(H,22,23). The molecule has 0 saturated heterocycles. The van der Waals surface area contributed by atoms with Gasteiger partial charge in [0.2, 0.25) is 0 Å². The first-order valence-corrected chi connectivity index (χ1v) is 8.75. The molecule has 1 aliphatic rings. The van der Waals surface area contributed by atoms with Gasteiger partial charge in [-0.3, -0.25) is 4.79 Å². The summed E-state index contributed by atoms with van der Waals surface area (Å²) >= 11 is 0. The van der Waals surface area contributed by atoms with Gasteiger partial charge in [0.05, 0.1) is 13.7 Å². The Kier molecular flexibility index (Phi) is 6.28. The van der Waals surface area contributed by atoms with Gasteiger partial charge in [0.1, 0.15) is 5.54 Å². The van der Waals surface area contributed by atoms with Crippen molar-refractivity contribution in [1.82, 2.24) is 5.32 Å². The van der Waals surface area contributed by atoms with Crippen molar-refractivity contribution in [2.24, 2.45) is 5.92 Å². The van der Waals surface area contributed by atoms with Crippen molar-refractivity contribution >= 4 is 11.9 Å². The van der Waals surface area contributed by atoms with E-state index in [0.717, 1.165) is 19.3 Å². The summed E-state index contributed by atoms with van der Waals surface area (Å²) in [7, 11) is 1.52. The Bertz CT molecular complexity index is 620. The second-order valence-corrected chi connectivity index (χ2v) is 6.95. The predicted octanol–water partition coefficient (Wildman–Crippen LogP) is 3.25. The normalized spacial score (nSPS) is 15.8. The molecule has 0 atom stereocenters. The number of rotatable bonds is 8. The molecule has 1 aromatic rings. The van der Waals surface area contributed by atoms with E-state index in [0.29, 0.717) is 42.4 Å². The van der Waals surface area contributed by atoms with Crippen molar-refractivity contribution in [3.05, 3.63) is 23.8 Å². The van der Waals surface area contributed by atoms with Gasteiger partial charge in [-0.1, -0.05) is 26.7 Å². The van der Waals surface area contributed by atoms with Gasteiger partial charge in [-0.15, -0.1) is 0 Å². The lowest BCUT2D eigenvalue weighted by molar-refractivity contribution is -0.144. The zero-order valence-corrected chi connectivity index (χ0v) is 15.1. The van der Waals surface area contributed by atoms with E-state index >= 15 is 0 Å². The van der Waals surface area contributed by atoms with Crippen LogP contribution in [-0.4, -0.2) is 36.2 Å². The van der Waals surface area contributed by atoms with Crippen LogP contribution in [0.5, 0.6) is 11.5 Å². The summed E-state index contributed by atoms with van der Waals surface area (Å²) in [6.07, 6.45) is 3.45. The zero-order valence-electron chi connectivity index (χ0n) is 15.1. The van der Waals surface area contributed by atoms with E-state index in [1.54, 1.807) is 18.2 Å². The number of hydrogen-bond acceptors (Lipinski definition) is 4. The van der Waals surface area contributed by atoms with E-state index in [2.05, 4.69) is 19.2 Å². The highest BCUT2D eigenvalue weighted by atomic mass is 16.5. The molecule has 1 saturated carbocycles. The second kappa shape index (κ2) is 8.23. The molecule has 0 heterocycles. The molecule has 0 radical (unpaired) electrons. The summed E-state index contributed by atoms with van der Waals surface area (Å²) in [5.74, 6) is 0.200. The molecule has 0 aliphatic heterocycles. The third kappa shape index (κ3) is 4.65. The maximum atomic E-state index is 12.5. The van der Waals surface area contributed by atoms with Crippen molar-refractivity contribution in [1.29, 1.82) is 0 Å². The van der Waals surface area contributed by atoms with Gasteiger partial charge in [0, 0.05) is 5.56 Å². The third-order valence-electron chi connectivity index (χ3n) is 4.60. The molecule has 1 aromatic carbocycles. The molecule has 2 rings (SSSR count). The molecule has 0 aromatic heterocycles. The number of hydrogen-bond donors (Lipinski definition) is 2. The van der Waals surface area contributed by atoms with Crippen molar-refractivity contribution in [3.63, 3.8) is 0 Å². The lowest BCUT2D eigenvalue weighted by Crippen LogP contribution is -2.52. The molecule has 1 fully saturated rings. The van der Waals surface area contributed by atoms with E-state index in [-0.39, 0.29) is 0 Å². The maximum Gasteiger partial charge on any atom is 0.329 e. The number of amides is 1. The van der Waals surface area contributed by atoms with E-state index in [1.807, 2.05) is 0 Å². The minimum absolute atomic E-state index is 0.362. The molecule has 0 spiro atoms. The minimum atomic E-state index is -1.16. The molecule has 138 valence electrons. The quantitative estimate of drug-likeness (QED) is 0.752. The number of carboxylic acids is 1. The topological polar surface area (TPSA) is 84.9 Å². The minimum Gasteiger partial charge on any atom is -0.493 e. The molecule has 25 heavy (non-hydrogen) atoms. The van der Waals surface area contributed by atoms with Gasteiger partial charge >= 0.3 is 5.97 Å². The molecule has 0 unspecified atom stereocenters. The number of methoxy groups -OCH3 is 1. The number of aliphatic carboxylic acids is 1. The second-order valence-electron chi connectivity index (χ2n) is 6.95. The third-order valence-corrected chi connectivity index (χ3v) is 4.60. The van der Waals surface area contributed by atoms with Crippen LogP contribution in [0.2, 0.25) is 0 Å². The molecule has 2 N–H and O–H groups in total. The molecule has 1 aliphatic carbocycles. The van der Waals surface area contributed by atoms with Gasteiger partial charge < -0.3 is 19.9 Å². The fraction of sp³-hybridized carbons (Fsp3) is 0.579. The Morgan fingerprint density at radius 1 is 1.24 bits per heavy atom. The Morgan fingerprint density at radius 2 is 1.92 bits per heavy atom. The summed E-state index contributed by atoms with van der Waals surface area (Å²) in [5.41, 5.74) is -0.794. The molecule has 6 nitrogen and oxygen atoms in total. The van der Waals surface area contributed by atoms with Crippen LogP contribution in [-0.2, 0) is 4.79 Å². The highest BCUT2D eigenvalue weighted by Gasteiger charge is 2.42. The Labute approximate surface area is 148 Å². The summed E-state index contributed by atoms with van der Waals surface area (Å²) in [4.78, 5) is 24.1. The Morgan fingerprint density at radius 3 is 2.48 bits per heavy atom. The van der Waals surface area contributed by atoms with Gasteiger partial charge in [0.25, 0.3) is 5.91 Å². The number of carbonyl (C=O) groups excluding carboxylic acids is 1. The first kappa shape index (κ1) is 19.1.